The molecule has 25 heavy (non-hydrogen) atoms. The zero-order chi connectivity index (χ0) is 18.6. The van der Waals surface area contributed by atoms with Gasteiger partial charge in [0, 0.05) is 11.6 Å². The van der Waals surface area contributed by atoms with Crippen LogP contribution in [0.2, 0.25) is 0 Å². The Morgan fingerprint density at radius 1 is 1.24 bits per heavy atom. The van der Waals surface area contributed by atoms with Gasteiger partial charge in [0.05, 0.1) is 17.3 Å². The summed E-state index contributed by atoms with van der Waals surface area (Å²) in [5.41, 5.74) is 1.68. The van der Waals surface area contributed by atoms with Gasteiger partial charge in [-0.15, -0.1) is 0 Å². The molecule has 7 nitrogen and oxygen atoms in total. The average Bonchev–Trinajstić information content (AvgIpc) is 2.97. The van der Waals surface area contributed by atoms with E-state index in [-0.39, 0.29) is 11.5 Å². The minimum absolute atomic E-state index is 0.0356. The Morgan fingerprint density at radius 3 is 2.44 bits per heavy atom. The third-order valence-electron chi connectivity index (χ3n) is 3.55. The van der Waals surface area contributed by atoms with Gasteiger partial charge in [0.2, 0.25) is 0 Å². The van der Waals surface area contributed by atoms with Crippen LogP contribution in [0.3, 0.4) is 0 Å². The minimum Gasteiger partial charge on any atom is -0.449 e. The van der Waals surface area contributed by atoms with Gasteiger partial charge >= 0.3 is 5.97 Å². The summed E-state index contributed by atoms with van der Waals surface area (Å²) >= 11 is 0. The molecule has 0 saturated carbocycles. The number of carbonyl (C=O) groups excluding carboxylic acids is 2. The lowest BCUT2D eigenvalue weighted by atomic mass is 10.1. The maximum Gasteiger partial charge on any atom is 0.344 e. The standard InChI is InChI=1S/C18H19N3O4/c1-10(2)16-15(11(3)21-25-16)18(23)24-12(4)17(22)20-14-7-5-13(9-19)6-8-14/h5-8,10,12H,1-4H3,(H,20,22)/t12-/m0/s1. The number of nitrogens with zero attached hydrogens (tertiary/aromatic N) is 2. The van der Waals surface area contributed by atoms with Gasteiger partial charge in [-0.3, -0.25) is 4.79 Å². The summed E-state index contributed by atoms with van der Waals surface area (Å²) in [6.45, 7) is 6.87. The van der Waals surface area contributed by atoms with E-state index in [9.17, 15) is 9.59 Å². The molecule has 0 aliphatic heterocycles. The smallest absolute Gasteiger partial charge is 0.344 e. The maximum absolute atomic E-state index is 12.4. The molecule has 0 spiro atoms. The maximum atomic E-state index is 12.4. The Labute approximate surface area is 145 Å². The van der Waals surface area contributed by atoms with Crippen LogP contribution in [0.5, 0.6) is 0 Å². The van der Waals surface area contributed by atoms with Gasteiger partial charge in [-0.2, -0.15) is 5.26 Å². The Hall–Kier alpha value is -3.14. The molecule has 1 amide bonds. The van der Waals surface area contributed by atoms with E-state index in [0.29, 0.717) is 22.7 Å². The van der Waals surface area contributed by atoms with E-state index >= 15 is 0 Å². The lowest BCUT2D eigenvalue weighted by Gasteiger charge is -2.14. The Bertz CT molecular complexity index is 816. The number of nitriles is 1. The molecular weight excluding hydrogens is 322 g/mol. The summed E-state index contributed by atoms with van der Waals surface area (Å²) < 4.78 is 10.4. The van der Waals surface area contributed by atoms with Crippen molar-refractivity contribution >= 4 is 17.6 Å². The second-order valence-corrected chi connectivity index (χ2v) is 5.89. The van der Waals surface area contributed by atoms with Gasteiger partial charge in [0.25, 0.3) is 5.91 Å². The Morgan fingerprint density at radius 2 is 1.88 bits per heavy atom. The molecule has 1 aromatic heterocycles. The number of amides is 1. The van der Waals surface area contributed by atoms with Crippen molar-refractivity contribution in [2.75, 3.05) is 5.32 Å². The van der Waals surface area contributed by atoms with Crippen LogP contribution in [0, 0.1) is 18.3 Å². The van der Waals surface area contributed by atoms with Gasteiger partial charge < -0.3 is 14.6 Å². The van der Waals surface area contributed by atoms with Crippen LogP contribution in [-0.2, 0) is 9.53 Å². The number of rotatable bonds is 5. The van der Waals surface area contributed by atoms with Crippen molar-refractivity contribution in [1.29, 1.82) is 5.26 Å². The Kier molecular flexibility index (Phi) is 5.55. The van der Waals surface area contributed by atoms with Crippen LogP contribution in [0.15, 0.2) is 28.8 Å². The number of hydrogen-bond acceptors (Lipinski definition) is 6. The molecule has 0 saturated heterocycles. The molecule has 2 rings (SSSR count). The highest BCUT2D eigenvalue weighted by Gasteiger charge is 2.27. The number of aryl methyl sites for hydroxylation is 1. The van der Waals surface area contributed by atoms with Gasteiger partial charge in [0.1, 0.15) is 5.56 Å². The number of hydrogen-bond donors (Lipinski definition) is 1. The van der Waals surface area contributed by atoms with Crippen molar-refractivity contribution in [2.24, 2.45) is 0 Å². The number of carbonyl (C=O) groups is 2. The largest absolute Gasteiger partial charge is 0.449 e. The molecule has 130 valence electrons. The fourth-order valence-electron chi connectivity index (χ4n) is 2.17. The molecule has 7 heteroatoms. The summed E-state index contributed by atoms with van der Waals surface area (Å²) in [4.78, 5) is 24.5. The SMILES string of the molecule is Cc1noc(C(C)C)c1C(=O)O[C@@H](C)C(=O)Nc1ccc(C#N)cc1. The van der Waals surface area contributed by atoms with Crippen LogP contribution >= 0.6 is 0 Å². The summed E-state index contributed by atoms with van der Waals surface area (Å²) in [6, 6.07) is 8.37. The van der Waals surface area contributed by atoms with E-state index in [2.05, 4.69) is 10.5 Å². The first-order valence-corrected chi connectivity index (χ1v) is 7.81. The number of nitrogens with one attached hydrogen (secondary N) is 1. The van der Waals surface area contributed by atoms with Crippen LogP contribution in [0.4, 0.5) is 5.69 Å². The number of aromatic nitrogens is 1. The number of ether oxygens (including phenoxy) is 1. The highest BCUT2D eigenvalue weighted by Crippen LogP contribution is 2.23. The van der Waals surface area contributed by atoms with Crippen molar-refractivity contribution in [3.63, 3.8) is 0 Å². The molecule has 1 heterocycles. The van der Waals surface area contributed by atoms with E-state index < -0.39 is 18.0 Å². The summed E-state index contributed by atoms with van der Waals surface area (Å²) in [6.07, 6.45) is -1.00. The summed E-state index contributed by atoms with van der Waals surface area (Å²) in [5, 5.41) is 15.2. The Balaban J connectivity index is 2.04. The third kappa shape index (κ3) is 4.23. The zero-order valence-electron chi connectivity index (χ0n) is 14.5. The molecule has 0 radical (unpaired) electrons. The monoisotopic (exact) mass is 341 g/mol. The van der Waals surface area contributed by atoms with Crippen LogP contribution in [0.1, 0.15) is 54.1 Å². The lowest BCUT2D eigenvalue weighted by molar-refractivity contribution is -0.123. The molecule has 1 N–H and O–H groups in total. The lowest BCUT2D eigenvalue weighted by Crippen LogP contribution is -2.30. The minimum atomic E-state index is -1.00. The van der Waals surface area contributed by atoms with Crippen molar-refractivity contribution in [3.8, 4) is 6.07 Å². The topological polar surface area (TPSA) is 105 Å². The van der Waals surface area contributed by atoms with Crippen molar-refractivity contribution in [1.82, 2.24) is 5.16 Å². The third-order valence-corrected chi connectivity index (χ3v) is 3.55. The number of benzene rings is 1. The molecule has 0 aliphatic carbocycles. The average molecular weight is 341 g/mol. The van der Waals surface area contributed by atoms with E-state index in [1.807, 2.05) is 19.9 Å². The van der Waals surface area contributed by atoms with Crippen molar-refractivity contribution in [2.45, 2.75) is 39.7 Å². The van der Waals surface area contributed by atoms with E-state index in [4.69, 9.17) is 14.5 Å². The quantitative estimate of drug-likeness (QED) is 0.837. The molecule has 1 atom stereocenters. The number of esters is 1. The highest BCUT2D eigenvalue weighted by atomic mass is 16.5. The summed E-state index contributed by atoms with van der Waals surface area (Å²) in [7, 11) is 0. The van der Waals surface area contributed by atoms with Crippen molar-refractivity contribution in [3.05, 3.63) is 46.8 Å². The number of anilines is 1. The van der Waals surface area contributed by atoms with E-state index in [0.717, 1.165) is 0 Å². The molecule has 2 aromatic rings. The van der Waals surface area contributed by atoms with Gasteiger partial charge in [0.15, 0.2) is 11.9 Å². The van der Waals surface area contributed by atoms with Gasteiger partial charge in [-0.25, -0.2) is 4.79 Å². The molecule has 0 bridgehead atoms. The molecule has 0 aliphatic rings. The fraction of sp³-hybridized carbons (Fsp3) is 0.333. The second kappa shape index (κ2) is 7.62. The predicted octanol–water partition coefficient (Wildman–Crippen LogP) is 3.16. The molecule has 1 aromatic carbocycles. The molecule has 0 fully saturated rings. The van der Waals surface area contributed by atoms with E-state index in [1.165, 1.54) is 6.92 Å². The van der Waals surface area contributed by atoms with Crippen LogP contribution in [-0.4, -0.2) is 23.1 Å². The first kappa shape index (κ1) is 18.2. The van der Waals surface area contributed by atoms with Crippen LogP contribution in [0.25, 0.3) is 0 Å². The predicted molar refractivity (Wildman–Crippen MR) is 90.0 cm³/mol. The van der Waals surface area contributed by atoms with Crippen LogP contribution < -0.4 is 5.32 Å². The first-order valence-electron chi connectivity index (χ1n) is 7.81. The van der Waals surface area contributed by atoms with E-state index in [1.54, 1.807) is 31.2 Å². The highest BCUT2D eigenvalue weighted by molar-refractivity contribution is 5.98. The van der Waals surface area contributed by atoms with Gasteiger partial charge in [-0.1, -0.05) is 19.0 Å². The van der Waals surface area contributed by atoms with Gasteiger partial charge in [-0.05, 0) is 38.1 Å². The van der Waals surface area contributed by atoms with Crippen molar-refractivity contribution < 1.29 is 18.8 Å². The molecule has 0 unspecified atom stereocenters. The normalized spacial score (nSPS) is 11.7. The first-order chi connectivity index (χ1) is 11.8. The molecular formula is C18H19N3O4. The summed E-state index contributed by atoms with van der Waals surface area (Å²) in [5.74, 6) is -0.725. The fourth-order valence-corrected chi connectivity index (χ4v) is 2.17. The second-order valence-electron chi connectivity index (χ2n) is 5.89. The zero-order valence-corrected chi connectivity index (χ0v) is 14.5.